The third-order valence-electron chi connectivity index (χ3n) is 4.86. The van der Waals surface area contributed by atoms with E-state index < -0.39 is 0 Å². The summed E-state index contributed by atoms with van der Waals surface area (Å²) in [5.41, 5.74) is 1.70. The van der Waals surface area contributed by atoms with Crippen LogP contribution >= 0.6 is 11.6 Å². The van der Waals surface area contributed by atoms with Gasteiger partial charge < -0.3 is 14.5 Å². The number of halogens is 1. The Hall–Kier alpha value is -2.01. The van der Waals surface area contributed by atoms with Crippen molar-refractivity contribution in [1.82, 2.24) is 14.8 Å². The first kappa shape index (κ1) is 18.8. The SMILES string of the molecule is CCOc1ccc2nc(Cl)c(CN(C(=O)N(C)C)C3CCCC3)cc2c1. The number of benzene rings is 1. The van der Waals surface area contributed by atoms with E-state index >= 15 is 0 Å². The molecule has 1 aromatic carbocycles. The largest absolute Gasteiger partial charge is 0.494 e. The normalized spacial score (nSPS) is 14.6. The van der Waals surface area contributed by atoms with Gasteiger partial charge in [0, 0.05) is 31.1 Å². The van der Waals surface area contributed by atoms with Crippen LogP contribution in [0.3, 0.4) is 0 Å². The van der Waals surface area contributed by atoms with Crippen LogP contribution < -0.4 is 4.74 Å². The zero-order chi connectivity index (χ0) is 18.7. The van der Waals surface area contributed by atoms with E-state index in [2.05, 4.69) is 4.98 Å². The van der Waals surface area contributed by atoms with Gasteiger partial charge in [-0.2, -0.15) is 0 Å². The molecule has 26 heavy (non-hydrogen) atoms. The monoisotopic (exact) mass is 375 g/mol. The number of fused-ring (bicyclic) bond motifs is 1. The number of hydrogen-bond donors (Lipinski definition) is 0. The molecule has 2 amide bonds. The van der Waals surface area contributed by atoms with Gasteiger partial charge in [-0.3, -0.25) is 0 Å². The van der Waals surface area contributed by atoms with Crippen molar-refractivity contribution in [3.8, 4) is 5.75 Å². The fraction of sp³-hybridized carbons (Fsp3) is 0.500. The van der Waals surface area contributed by atoms with Crippen LogP contribution in [-0.2, 0) is 6.54 Å². The first-order valence-corrected chi connectivity index (χ1v) is 9.57. The molecule has 1 aliphatic carbocycles. The summed E-state index contributed by atoms with van der Waals surface area (Å²) in [6.45, 7) is 3.05. The van der Waals surface area contributed by atoms with Crippen molar-refractivity contribution < 1.29 is 9.53 Å². The van der Waals surface area contributed by atoms with E-state index in [0.717, 1.165) is 35.1 Å². The van der Waals surface area contributed by atoms with E-state index in [-0.39, 0.29) is 12.1 Å². The molecule has 1 heterocycles. The number of aromatic nitrogens is 1. The van der Waals surface area contributed by atoms with Crippen molar-refractivity contribution in [1.29, 1.82) is 0 Å². The molecule has 0 N–H and O–H groups in total. The Bertz CT molecular complexity index is 788. The number of rotatable bonds is 5. The maximum Gasteiger partial charge on any atom is 0.320 e. The van der Waals surface area contributed by atoms with E-state index in [9.17, 15) is 4.79 Å². The number of nitrogens with zero attached hydrogens (tertiary/aromatic N) is 3. The zero-order valence-corrected chi connectivity index (χ0v) is 16.4. The van der Waals surface area contributed by atoms with Gasteiger partial charge in [0.05, 0.1) is 18.7 Å². The molecule has 5 nitrogen and oxygen atoms in total. The summed E-state index contributed by atoms with van der Waals surface area (Å²) >= 11 is 6.45. The third-order valence-corrected chi connectivity index (χ3v) is 5.19. The summed E-state index contributed by atoms with van der Waals surface area (Å²) in [7, 11) is 3.58. The van der Waals surface area contributed by atoms with E-state index in [1.807, 2.05) is 36.1 Å². The Balaban J connectivity index is 1.93. The van der Waals surface area contributed by atoms with Gasteiger partial charge in [0.1, 0.15) is 10.9 Å². The van der Waals surface area contributed by atoms with Crippen LogP contribution in [0.4, 0.5) is 4.79 Å². The number of carbonyl (C=O) groups is 1. The highest BCUT2D eigenvalue weighted by atomic mass is 35.5. The molecule has 1 fully saturated rings. The molecule has 3 rings (SSSR count). The van der Waals surface area contributed by atoms with Crippen LogP contribution in [0.25, 0.3) is 10.9 Å². The molecule has 0 bridgehead atoms. The highest BCUT2D eigenvalue weighted by Gasteiger charge is 2.28. The lowest BCUT2D eigenvalue weighted by molar-refractivity contribution is 0.146. The van der Waals surface area contributed by atoms with Gasteiger partial charge in [-0.15, -0.1) is 0 Å². The molecular weight excluding hydrogens is 350 g/mol. The van der Waals surface area contributed by atoms with Crippen molar-refractivity contribution in [3.05, 3.63) is 35.0 Å². The average molecular weight is 376 g/mol. The summed E-state index contributed by atoms with van der Waals surface area (Å²) in [5.74, 6) is 0.812. The van der Waals surface area contributed by atoms with Crippen molar-refractivity contribution in [3.63, 3.8) is 0 Å². The van der Waals surface area contributed by atoms with E-state index in [4.69, 9.17) is 16.3 Å². The van der Waals surface area contributed by atoms with Crippen LogP contribution in [0.2, 0.25) is 5.15 Å². The topological polar surface area (TPSA) is 45.7 Å². The summed E-state index contributed by atoms with van der Waals surface area (Å²) in [6, 6.07) is 8.10. The number of amides is 2. The smallest absolute Gasteiger partial charge is 0.320 e. The lowest BCUT2D eigenvalue weighted by Gasteiger charge is -2.31. The molecule has 0 aliphatic heterocycles. The van der Waals surface area contributed by atoms with Crippen molar-refractivity contribution in [2.24, 2.45) is 0 Å². The average Bonchev–Trinajstić information content (AvgIpc) is 3.14. The lowest BCUT2D eigenvalue weighted by atomic mass is 10.1. The fourth-order valence-electron chi connectivity index (χ4n) is 3.55. The standard InChI is InChI=1S/C20H26ClN3O2/c1-4-26-17-9-10-18-14(12-17)11-15(19(21)22-18)13-24(20(25)23(2)3)16-7-5-6-8-16/h9-12,16H,4-8,13H2,1-3H3. The number of hydrogen-bond acceptors (Lipinski definition) is 3. The Morgan fingerprint density at radius 1 is 1.27 bits per heavy atom. The number of pyridine rings is 1. The number of ether oxygens (including phenoxy) is 1. The van der Waals surface area contributed by atoms with Gasteiger partial charge in [-0.05, 0) is 44.0 Å². The van der Waals surface area contributed by atoms with Crippen LogP contribution in [0.1, 0.15) is 38.2 Å². The molecule has 0 radical (unpaired) electrons. The van der Waals surface area contributed by atoms with Crippen LogP contribution in [0.5, 0.6) is 5.75 Å². The maximum absolute atomic E-state index is 12.7. The molecular formula is C20H26ClN3O2. The minimum atomic E-state index is 0.0242. The minimum Gasteiger partial charge on any atom is -0.494 e. The quantitative estimate of drug-likeness (QED) is 0.711. The lowest BCUT2D eigenvalue weighted by Crippen LogP contribution is -2.44. The molecule has 1 aliphatic rings. The van der Waals surface area contributed by atoms with Gasteiger partial charge in [0.25, 0.3) is 0 Å². The number of urea groups is 1. The van der Waals surface area contributed by atoms with Crippen LogP contribution in [-0.4, -0.2) is 47.6 Å². The maximum atomic E-state index is 12.7. The van der Waals surface area contributed by atoms with Gasteiger partial charge in [0.15, 0.2) is 0 Å². The van der Waals surface area contributed by atoms with Gasteiger partial charge in [-0.25, -0.2) is 9.78 Å². The molecule has 0 unspecified atom stereocenters. The predicted octanol–water partition coefficient (Wildman–Crippen LogP) is 4.71. The molecule has 1 aromatic heterocycles. The Morgan fingerprint density at radius 3 is 2.65 bits per heavy atom. The van der Waals surface area contributed by atoms with Crippen molar-refractivity contribution >= 4 is 28.5 Å². The summed E-state index contributed by atoms with van der Waals surface area (Å²) in [4.78, 5) is 20.8. The molecule has 2 aromatic rings. The van der Waals surface area contributed by atoms with Gasteiger partial charge in [0.2, 0.25) is 0 Å². The van der Waals surface area contributed by atoms with E-state index in [0.29, 0.717) is 18.3 Å². The number of carbonyl (C=O) groups excluding carboxylic acids is 1. The Labute approximate surface area is 159 Å². The van der Waals surface area contributed by atoms with Crippen LogP contribution in [0, 0.1) is 0 Å². The second kappa shape index (κ2) is 8.12. The predicted molar refractivity (Wildman–Crippen MR) is 105 cm³/mol. The first-order valence-electron chi connectivity index (χ1n) is 9.19. The third kappa shape index (κ3) is 4.04. The van der Waals surface area contributed by atoms with Crippen molar-refractivity contribution in [2.45, 2.75) is 45.2 Å². The molecule has 140 valence electrons. The minimum absolute atomic E-state index is 0.0242. The Morgan fingerprint density at radius 2 is 2.00 bits per heavy atom. The van der Waals surface area contributed by atoms with E-state index in [1.165, 1.54) is 12.8 Å². The molecule has 0 atom stereocenters. The summed E-state index contributed by atoms with van der Waals surface area (Å²) < 4.78 is 5.58. The van der Waals surface area contributed by atoms with Gasteiger partial charge in [-0.1, -0.05) is 24.4 Å². The molecule has 0 spiro atoms. The summed E-state index contributed by atoms with van der Waals surface area (Å²) in [5, 5.41) is 1.43. The second-order valence-corrected chi connectivity index (χ2v) is 7.33. The van der Waals surface area contributed by atoms with Crippen molar-refractivity contribution in [2.75, 3.05) is 20.7 Å². The first-order chi connectivity index (χ1) is 12.5. The molecule has 0 saturated heterocycles. The molecule has 1 saturated carbocycles. The second-order valence-electron chi connectivity index (χ2n) is 6.97. The summed E-state index contributed by atoms with van der Waals surface area (Å²) in [6.07, 6.45) is 4.44. The van der Waals surface area contributed by atoms with E-state index in [1.54, 1.807) is 19.0 Å². The highest BCUT2D eigenvalue weighted by Crippen LogP contribution is 2.29. The fourth-order valence-corrected chi connectivity index (χ4v) is 3.76. The highest BCUT2D eigenvalue weighted by molar-refractivity contribution is 6.30. The Kier molecular flexibility index (Phi) is 5.87. The van der Waals surface area contributed by atoms with Gasteiger partial charge >= 0.3 is 6.03 Å². The molecule has 6 heteroatoms. The van der Waals surface area contributed by atoms with Crippen LogP contribution in [0.15, 0.2) is 24.3 Å². The zero-order valence-electron chi connectivity index (χ0n) is 15.7.